The molecule has 5 fully saturated rings. The summed E-state index contributed by atoms with van der Waals surface area (Å²) in [6.45, 7) is 20.4. The molecule has 286 valence electrons. The molecule has 5 aliphatic rings. The lowest BCUT2D eigenvalue weighted by atomic mass is 9.50. The van der Waals surface area contributed by atoms with Crippen LogP contribution in [-0.2, 0) is 0 Å². The minimum absolute atomic E-state index is 0.570. The van der Waals surface area contributed by atoms with Crippen LogP contribution in [0.1, 0.15) is 203 Å². The van der Waals surface area contributed by atoms with E-state index >= 15 is 0 Å². The third-order valence-electron chi connectivity index (χ3n) is 17.2. The molecular weight excluding hydrogens is 609 g/mol. The van der Waals surface area contributed by atoms with Crippen LogP contribution in [0, 0.1) is 88.3 Å². The number of hydrogen-bond donors (Lipinski definition) is 0. The molecule has 0 aromatic heterocycles. The lowest BCUT2D eigenvalue weighted by Gasteiger charge is -2.55. The number of rotatable bonds is 15. The fourth-order valence-corrected chi connectivity index (χ4v) is 15.9. The Kier molecular flexibility index (Phi) is 16.2. The zero-order chi connectivity index (χ0) is 35.0. The van der Waals surface area contributed by atoms with Gasteiger partial charge in [-0.3, -0.25) is 0 Å². The molecule has 0 aromatic carbocycles. The van der Waals surface area contributed by atoms with Crippen molar-refractivity contribution >= 4 is 11.8 Å². The second kappa shape index (κ2) is 19.6. The van der Waals surface area contributed by atoms with Gasteiger partial charge in [0.25, 0.3) is 0 Å². The largest absolute Gasteiger partial charge is 0.162 e. The van der Waals surface area contributed by atoms with Crippen LogP contribution in [0.5, 0.6) is 0 Å². The summed E-state index contributed by atoms with van der Waals surface area (Å²) >= 11 is 2.36. The summed E-state index contributed by atoms with van der Waals surface area (Å²) < 4.78 is 0. The van der Waals surface area contributed by atoms with Gasteiger partial charge in [0.15, 0.2) is 0 Å². The smallest absolute Gasteiger partial charge is 0.00336 e. The van der Waals surface area contributed by atoms with Gasteiger partial charge >= 0.3 is 0 Å². The maximum atomic E-state index is 2.68. The molecule has 15 atom stereocenters. The summed E-state index contributed by atoms with van der Waals surface area (Å²) in [5.41, 5.74) is 0.570. The van der Waals surface area contributed by atoms with E-state index < -0.39 is 0 Å². The zero-order valence-corrected chi connectivity index (χ0v) is 35.5. The lowest BCUT2D eigenvalue weighted by molar-refractivity contribution is -0.0548. The quantitative estimate of drug-likeness (QED) is 0.164. The normalized spacial score (nSPS) is 43.7. The molecule has 0 saturated heterocycles. The van der Waals surface area contributed by atoms with Crippen LogP contribution in [0.25, 0.3) is 0 Å². The van der Waals surface area contributed by atoms with Crippen molar-refractivity contribution in [3.05, 3.63) is 0 Å². The third-order valence-corrected chi connectivity index (χ3v) is 18.3. The first-order chi connectivity index (χ1) is 23.9. The van der Waals surface area contributed by atoms with Crippen molar-refractivity contribution in [2.24, 2.45) is 88.3 Å². The van der Waals surface area contributed by atoms with Crippen molar-refractivity contribution in [2.45, 2.75) is 203 Å². The number of fused-ring (bicyclic) bond motifs is 6. The molecule has 5 rings (SSSR count). The molecule has 13 unspecified atom stereocenters. The first kappa shape index (κ1) is 40.5. The Labute approximate surface area is 313 Å². The Bertz CT molecular complexity index is 926. The van der Waals surface area contributed by atoms with Crippen LogP contribution < -0.4 is 0 Å². The minimum Gasteiger partial charge on any atom is -0.162 e. The van der Waals surface area contributed by atoms with Gasteiger partial charge < -0.3 is 0 Å². The molecule has 0 spiro atoms. The van der Waals surface area contributed by atoms with E-state index in [9.17, 15) is 0 Å². The first-order valence-electron chi connectivity index (χ1n) is 23.5. The van der Waals surface area contributed by atoms with E-state index in [0.29, 0.717) is 5.41 Å². The number of hydrogen-bond acceptors (Lipinski definition) is 1. The monoisotopic (exact) mass is 697 g/mol. The van der Waals surface area contributed by atoms with Gasteiger partial charge in [-0.2, -0.15) is 11.8 Å². The summed E-state index contributed by atoms with van der Waals surface area (Å²) in [5, 5.41) is 0. The maximum Gasteiger partial charge on any atom is -0.00336 e. The molecule has 5 saturated carbocycles. The molecule has 1 heteroatoms. The van der Waals surface area contributed by atoms with Crippen LogP contribution in [-0.4, -0.2) is 11.5 Å². The lowest BCUT2D eigenvalue weighted by Crippen LogP contribution is -2.49. The SMILES string of the molecule is CCCC1CCCC2C(CC1CC)CC1CC(CC)CC(CC1CCC)C(CCC)([C@@H](CC)C1CC[C@H](CC)C1)C(CSCC)CC1CC12. The van der Waals surface area contributed by atoms with Crippen molar-refractivity contribution in [2.75, 3.05) is 11.5 Å². The first-order valence-corrected chi connectivity index (χ1v) is 24.6. The summed E-state index contributed by atoms with van der Waals surface area (Å²) in [4.78, 5) is 0. The molecular formula is C48H88S. The van der Waals surface area contributed by atoms with Crippen molar-refractivity contribution in [1.82, 2.24) is 0 Å². The van der Waals surface area contributed by atoms with Crippen LogP contribution in [0.2, 0.25) is 0 Å². The molecule has 0 heterocycles. The van der Waals surface area contributed by atoms with E-state index in [1.807, 2.05) is 0 Å². The van der Waals surface area contributed by atoms with E-state index in [4.69, 9.17) is 0 Å². The highest BCUT2D eigenvalue weighted by molar-refractivity contribution is 7.99. The predicted octanol–water partition coefficient (Wildman–Crippen LogP) is 15.5. The average molecular weight is 697 g/mol. The Balaban J connectivity index is 1.62. The highest BCUT2D eigenvalue weighted by Crippen LogP contribution is 2.65. The van der Waals surface area contributed by atoms with E-state index in [2.05, 4.69) is 67.2 Å². The van der Waals surface area contributed by atoms with Crippen molar-refractivity contribution in [3.63, 3.8) is 0 Å². The molecule has 2 bridgehead atoms. The van der Waals surface area contributed by atoms with Crippen LogP contribution >= 0.6 is 11.8 Å². The van der Waals surface area contributed by atoms with Crippen LogP contribution in [0.3, 0.4) is 0 Å². The molecule has 0 radical (unpaired) electrons. The number of thioether (sulfide) groups is 1. The molecule has 0 aromatic rings. The van der Waals surface area contributed by atoms with Gasteiger partial charge in [-0.25, -0.2) is 0 Å². The Hall–Kier alpha value is 0.350. The Morgan fingerprint density at radius 2 is 1.33 bits per heavy atom. The van der Waals surface area contributed by atoms with Crippen LogP contribution in [0.15, 0.2) is 0 Å². The fourth-order valence-electron chi connectivity index (χ4n) is 15.0. The van der Waals surface area contributed by atoms with Gasteiger partial charge in [0.1, 0.15) is 0 Å². The summed E-state index contributed by atoms with van der Waals surface area (Å²) in [5.74, 6) is 16.8. The van der Waals surface area contributed by atoms with Gasteiger partial charge in [-0.15, -0.1) is 0 Å². The van der Waals surface area contributed by atoms with Crippen molar-refractivity contribution in [1.29, 1.82) is 0 Å². The van der Waals surface area contributed by atoms with E-state index in [1.54, 1.807) is 83.5 Å². The predicted molar refractivity (Wildman–Crippen MR) is 220 cm³/mol. The van der Waals surface area contributed by atoms with Gasteiger partial charge in [-0.05, 0) is 170 Å². The molecule has 49 heavy (non-hydrogen) atoms. The molecule has 0 aliphatic heterocycles. The second-order valence-electron chi connectivity index (χ2n) is 19.5. The molecule has 5 aliphatic carbocycles. The van der Waals surface area contributed by atoms with Crippen molar-refractivity contribution in [3.8, 4) is 0 Å². The van der Waals surface area contributed by atoms with Crippen molar-refractivity contribution < 1.29 is 0 Å². The summed E-state index contributed by atoms with van der Waals surface area (Å²) in [6.07, 6.45) is 35.0. The zero-order valence-electron chi connectivity index (χ0n) is 34.7. The minimum atomic E-state index is 0.570. The molecule has 0 nitrogen and oxygen atoms in total. The highest BCUT2D eigenvalue weighted by Gasteiger charge is 2.57. The standard InChI is InChI=1S/C48H88S/c1-9-18-37-20-17-21-45-41(28-36(37)14-6)29-40-26-35(13-5)27-43(30-38(40)19-10-2)48(24-11-3,44(33-49-16-8)31-42-32-46(42)45)47(15-7)39-23-22-34(12-4)25-39/h34-47H,9-33H2,1-8H3/t34-,35?,36?,37?,38?,39?,40?,41?,42?,43?,44?,45?,46?,47-,48?/m0/s1. The highest BCUT2D eigenvalue weighted by atomic mass is 32.2. The topological polar surface area (TPSA) is 0 Å². The van der Waals surface area contributed by atoms with E-state index in [-0.39, 0.29) is 0 Å². The molecule has 0 amide bonds. The maximum absolute atomic E-state index is 2.68. The van der Waals surface area contributed by atoms with E-state index in [1.165, 1.54) is 75.7 Å². The second-order valence-corrected chi connectivity index (χ2v) is 20.8. The van der Waals surface area contributed by atoms with Gasteiger partial charge in [-0.1, -0.05) is 132 Å². The van der Waals surface area contributed by atoms with E-state index in [0.717, 1.165) is 82.9 Å². The Morgan fingerprint density at radius 1 is 0.571 bits per heavy atom. The average Bonchev–Trinajstić information content (AvgIpc) is 3.74. The summed E-state index contributed by atoms with van der Waals surface area (Å²) in [7, 11) is 0. The third kappa shape index (κ3) is 9.36. The van der Waals surface area contributed by atoms with Gasteiger partial charge in [0.05, 0.1) is 0 Å². The Morgan fingerprint density at radius 3 is 1.98 bits per heavy atom. The molecule has 0 N–H and O–H groups in total. The summed E-state index contributed by atoms with van der Waals surface area (Å²) in [6, 6.07) is 0. The van der Waals surface area contributed by atoms with Gasteiger partial charge in [0.2, 0.25) is 0 Å². The fraction of sp³-hybridized carbons (Fsp3) is 1.00. The van der Waals surface area contributed by atoms with Crippen LogP contribution in [0.4, 0.5) is 0 Å². The van der Waals surface area contributed by atoms with Gasteiger partial charge in [0, 0.05) is 0 Å².